The van der Waals surface area contributed by atoms with E-state index in [1.54, 1.807) is 13.0 Å². The standard InChI is InChI=1S/C14H13FN4O2/c1-8-10(15)3-2-4-11(8)18-14(20)12-6-5-9(7-17-12)13(16)19-21/h2-7,21H,1H3,(H2,16,19)(H,18,20). The third-order valence-electron chi connectivity index (χ3n) is 2.92. The molecule has 0 unspecified atom stereocenters. The minimum absolute atomic E-state index is 0.101. The van der Waals surface area contributed by atoms with E-state index in [1.165, 1.54) is 30.5 Å². The zero-order valence-corrected chi connectivity index (χ0v) is 11.2. The van der Waals surface area contributed by atoms with E-state index < -0.39 is 11.7 Å². The summed E-state index contributed by atoms with van der Waals surface area (Å²) < 4.78 is 13.4. The van der Waals surface area contributed by atoms with Crippen LogP contribution in [0.2, 0.25) is 0 Å². The summed E-state index contributed by atoms with van der Waals surface area (Å²) >= 11 is 0. The summed E-state index contributed by atoms with van der Waals surface area (Å²) in [4.78, 5) is 15.9. The Morgan fingerprint density at radius 3 is 2.76 bits per heavy atom. The highest BCUT2D eigenvalue weighted by atomic mass is 19.1. The maximum absolute atomic E-state index is 13.4. The number of amidine groups is 1. The molecule has 0 aliphatic heterocycles. The molecule has 1 amide bonds. The molecular formula is C14H13FN4O2. The van der Waals surface area contributed by atoms with Crippen LogP contribution in [0, 0.1) is 12.7 Å². The van der Waals surface area contributed by atoms with Crippen LogP contribution in [0.5, 0.6) is 0 Å². The predicted molar refractivity (Wildman–Crippen MR) is 75.8 cm³/mol. The van der Waals surface area contributed by atoms with E-state index in [0.29, 0.717) is 16.8 Å². The monoisotopic (exact) mass is 288 g/mol. The smallest absolute Gasteiger partial charge is 0.274 e. The SMILES string of the molecule is Cc1c(F)cccc1NC(=O)c1ccc(C(N)=NO)cn1. The summed E-state index contributed by atoms with van der Waals surface area (Å²) in [7, 11) is 0. The van der Waals surface area contributed by atoms with E-state index in [1.807, 2.05) is 0 Å². The fourth-order valence-corrected chi connectivity index (χ4v) is 1.67. The van der Waals surface area contributed by atoms with E-state index in [9.17, 15) is 9.18 Å². The van der Waals surface area contributed by atoms with Gasteiger partial charge in [0.25, 0.3) is 5.91 Å². The molecule has 0 spiro atoms. The van der Waals surface area contributed by atoms with Gasteiger partial charge in [-0.2, -0.15) is 0 Å². The molecule has 0 fully saturated rings. The molecule has 7 heteroatoms. The highest BCUT2D eigenvalue weighted by Crippen LogP contribution is 2.18. The molecular weight excluding hydrogens is 275 g/mol. The summed E-state index contributed by atoms with van der Waals surface area (Å²) in [5, 5.41) is 14.0. The first-order valence-corrected chi connectivity index (χ1v) is 6.03. The lowest BCUT2D eigenvalue weighted by atomic mass is 10.2. The first kappa shape index (κ1) is 14.4. The zero-order chi connectivity index (χ0) is 15.4. The molecule has 0 saturated carbocycles. The largest absolute Gasteiger partial charge is 0.409 e. The quantitative estimate of drug-likeness (QED) is 0.347. The van der Waals surface area contributed by atoms with Gasteiger partial charge < -0.3 is 16.3 Å². The van der Waals surface area contributed by atoms with Gasteiger partial charge >= 0.3 is 0 Å². The van der Waals surface area contributed by atoms with Crippen molar-refractivity contribution in [2.24, 2.45) is 10.9 Å². The summed E-state index contributed by atoms with van der Waals surface area (Å²) in [5.74, 6) is -0.978. The molecule has 6 nitrogen and oxygen atoms in total. The van der Waals surface area contributed by atoms with Gasteiger partial charge in [-0.1, -0.05) is 11.2 Å². The molecule has 2 rings (SSSR count). The van der Waals surface area contributed by atoms with Crippen molar-refractivity contribution in [1.29, 1.82) is 0 Å². The molecule has 21 heavy (non-hydrogen) atoms. The van der Waals surface area contributed by atoms with Gasteiger partial charge in [0.1, 0.15) is 11.5 Å². The summed E-state index contributed by atoms with van der Waals surface area (Å²) in [5.41, 5.74) is 6.64. The number of oxime groups is 1. The molecule has 108 valence electrons. The number of hydrogen-bond donors (Lipinski definition) is 3. The highest BCUT2D eigenvalue weighted by molar-refractivity contribution is 6.04. The maximum Gasteiger partial charge on any atom is 0.274 e. The number of pyridine rings is 1. The van der Waals surface area contributed by atoms with Crippen LogP contribution in [-0.2, 0) is 0 Å². The lowest BCUT2D eigenvalue weighted by Gasteiger charge is -2.08. The average molecular weight is 288 g/mol. The van der Waals surface area contributed by atoms with Crippen molar-refractivity contribution in [1.82, 2.24) is 4.98 Å². The molecule has 0 atom stereocenters. The van der Waals surface area contributed by atoms with E-state index in [0.717, 1.165) is 0 Å². The lowest BCUT2D eigenvalue weighted by molar-refractivity contribution is 0.102. The molecule has 4 N–H and O–H groups in total. The van der Waals surface area contributed by atoms with Gasteiger partial charge in [0, 0.05) is 23.0 Å². The van der Waals surface area contributed by atoms with Gasteiger partial charge in [0.2, 0.25) is 0 Å². The number of aromatic nitrogens is 1. The Labute approximate surface area is 120 Å². The van der Waals surface area contributed by atoms with Gasteiger partial charge in [-0.05, 0) is 31.2 Å². The number of anilines is 1. The van der Waals surface area contributed by atoms with Crippen molar-refractivity contribution in [3.63, 3.8) is 0 Å². The van der Waals surface area contributed by atoms with Crippen LogP contribution in [-0.4, -0.2) is 21.9 Å². The molecule has 0 saturated heterocycles. The summed E-state index contributed by atoms with van der Waals surface area (Å²) in [6, 6.07) is 7.34. The normalized spacial score (nSPS) is 11.2. The number of amides is 1. The van der Waals surface area contributed by atoms with Crippen molar-refractivity contribution >= 4 is 17.4 Å². The number of nitrogens with zero attached hydrogens (tertiary/aromatic N) is 2. The molecule has 0 aliphatic carbocycles. The first-order chi connectivity index (χ1) is 10.0. The van der Waals surface area contributed by atoms with Crippen molar-refractivity contribution in [3.05, 3.63) is 59.2 Å². The second-order valence-electron chi connectivity index (χ2n) is 4.28. The molecule has 0 bridgehead atoms. The average Bonchev–Trinajstić information content (AvgIpc) is 2.51. The van der Waals surface area contributed by atoms with Gasteiger partial charge in [-0.3, -0.25) is 9.78 Å². The number of carbonyl (C=O) groups excluding carboxylic acids is 1. The third-order valence-corrected chi connectivity index (χ3v) is 2.92. The second kappa shape index (κ2) is 6.00. The number of rotatable bonds is 3. The fourth-order valence-electron chi connectivity index (χ4n) is 1.67. The zero-order valence-electron chi connectivity index (χ0n) is 11.2. The Morgan fingerprint density at radius 2 is 2.14 bits per heavy atom. The maximum atomic E-state index is 13.4. The molecule has 0 radical (unpaired) electrons. The Balaban J connectivity index is 2.19. The number of benzene rings is 1. The molecule has 1 heterocycles. The minimum atomic E-state index is -0.477. The number of hydrogen-bond acceptors (Lipinski definition) is 4. The second-order valence-corrected chi connectivity index (χ2v) is 4.28. The third kappa shape index (κ3) is 3.14. The topological polar surface area (TPSA) is 101 Å². The van der Waals surface area contributed by atoms with Gasteiger partial charge in [0.15, 0.2) is 5.84 Å². The van der Waals surface area contributed by atoms with Crippen molar-refractivity contribution < 1.29 is 14.4 Å². The van der Waals surface area contributed by atoms with Crippen LogP contribution in [0.15, 0.2) is 41.7 Å². The predicted octanol–water partition coefficient (Wildman–Crippen LogP) is 1.88. The molecule has 1 aromatic heterocycles. The summed E-state index contributed by atoms with van der Waals surface area (Å²) in [6.07, 6.45) is 1.31. The highest BCUT2D eigenvalue weighted by Gasteiger charge is 2.11. The fraction of sp³-hybridized carbons (Fsp3) is 0.0714. The van der Waals surface area contributed by atoms with E-state index in [4.69, 9.17) is 10.9 Å². The molecule has 2 aromatic rings. The minimum Gasteiger partial charge on any atom is -0.409 e. The van der Waals surface area contributed by atoms with Crippen molar-refractivity contribution in [2.75, 3.05) is 5.32 Å². The molecule has 0 aliphatic rings. The lowest BCUT2D eigenvalue weighted by Crippen LogP contribution is -2.17. The number of nitrogens with two attached hydrogens (primary N) is 1. The van der Waals surface area contributed by atoms with Crippen molar-refractivity contribution in [3.8, 4) is 0 Å². The van der Waals surface area contributed by atoms with Crippen LogP contribution >= 0.6 is 0 Å². The Morgan fingerprint density at radius 1 is 1.38 bits per heavy atom. The van der Waals surface area contributed by atoms with Gasteiger partial charge in [0.05, 0.1) is 0 Å². The van der Waals surface area contributed by atoms with Crippen LogP contribution in [0.25, 0.3) is 0 Å². The Kier molecular flexibility index (Phi) is 4.13. The number of halogens is 1. The van der Waals surface area contributed by atoms with E-state index >= 15 is 0 Å². The van der Waals surface area contributed by atoms with E-state index in [-0.39, 0.29) is 11.5 Å². The van der Waals surface area contributed by atoms with Crippen molar-refractivity contribution in [2.45, 2.75) is 6.92 Å². The Hall–Kier alpha value is -2.96. The summed E-state index contributed by atoms with van der Waals surface area (Å²) in [6.45, 7) is 1.57. The van der Waals surface area contributed by atoms with Crippen LogP contribution in [0.3, 0.4) is 0 Å². The van der Waals surface area contributed by atoms with Crippen LogP contribution in [0.4, 0.5) is 10.1 Å². The van der Waals surface area contributed by atoms with Crippen LogP contribution in [0.1, 0.15) is 21.6 Å². The number of nitrogens with one attached hydrogen (secondary N) is 1. The van der Waals surface area contributed by atoms with Crippen LogP contribution < -0.4 is 11.1 Å². The van der Waals surface area contributed by atoms with Gasteiger partial charge in [-0.15, -0.1) is 0 Å². The van der Waals surface area contributed by atoms with Gasteiger partial charge in [-0.25, -0.2) is 4.39 Å². The number of carbonyl (C=O) groups is 1. The van der Waals surface area contributed by atoms with E-state index in [2.05, 4.69) is 15.5 Å². The Bertz CT molecular complexity index is 699. The molecule has 1 aromatic carbocycles. The first-order valence-electron chi connectivity index (χ1n) is 6.03.